The van der Waals surface area contributed by atoms with Crippen LogP contribution in [0.3, 0.4) is 0 Å². The normalized spacial score (nSPS) is 9.67. The van der Waals surface area contributed by atoms with Crippen LogP contribution >= 0.6 is 0 Å². The Kier molecular flexibility index (Phi) is 4.91. The number of hydrogen-bond acceptors (Lipinski definition) is 0. The Hall–Kier alpha value is -0.560. The number of aryl methyl sites for hydroxylation is 1. The minimum Gasteiger partial charge on any atom is -1.00 e. The molecule has 0 fully saturated rings. The van der Waals surface area contributed by atoms with E-state index in [-0.39, 0.29) is 12.4 Å². The number of pyridine rings is 1. The molecule has 0 aliphatic rings. The van der Waals surface area contributed by atoms with Crippen LogP contribution in [0.25, 0.3) is 0 Å². The van der Waals surface area contributed by atoms with Gasteiger partial charge < -0.3 is 12.4 Å². The third kappa shape index (κ3) is 3.72. The fourth-order valence-electron chi connectivity index (χ4n) is 1.08. The molecule has 0 aliphatic heterocycles. The second-order valence-corrected chi connectivity index (χ2v) is 3.47. The molecular weight excluding hydrogens is 170 g/mol. The molecule has 12 heavy (non-hydrogen) atoms. The van der Waals surface area contributed by atoms with E-state index < -0.39 is 0 Å². The summed E-state index contributed by atoms with van der Waals surface area (Å²) in [7, 11) is 0. The third-order valence-corrected chi connectivity index (χ3v) is 1.63. The number of hydrogen-bond donors (Lipinski definition) is 0. The highest BCUT2D eigenvalue weighted by molar-refractivity contribution is 5.03. The first kappa shape index (κ1) is 11.4. The van der Waals surface area contributed by atoms with Crippen molar-refractivity contribution in [2.24, 2.45) is 5.92 Å². The summed E-state index contributed by atoms with van der Waals surface area (Å²) in [6, 6.07) is 4.28. The Balaban J connectivity index is 0.00000121. The van der Waals surface area contributed by atoms with Gasteiger partial charge in [-0.25, -0.2) is 4.57 Å². The predicted octanol–water partition coefficient (Wildman–Crippen LogP) is -1.06. The minimum absolute atomic E-state index is 0. The fourth-order valence-corrected chi connectivity index (χ4v) is 1.08. The van der Waals surface area contributed by atoms with E-state index in [0.717, 1.165) is 12.5 Å². The van der Waals surface area contributed by atoms with Gasteiger partial charge in [0.25, 0.3) is 0 Å². The van der Waals surface area contributed by atoms with Crippen LogP contribution in [-0.2, 0) is 6.54 Å². The summed E-state index contributed by atoms with van der Waals surface area (Å²) >= 11 is 0. The second kappa shape index (κ2) is 5.15. The zero-order valence-electron chi connectivity index (χ0n) is 7.92. The van der Waals surface area contributed by atoms with Crippen molar-refractivity contribution in [3.05, 3.63) is 30.1 Å². The molecule has 1 aromatic rings. The van der Waals surface area contributed by atoms with Gasteiger partial charge in [-0.05, 0) is 12.5 Å². The molecule has 68 valence electrons. The molecule has 0 radical (unpaired) electrons. The Morgan fingerprint density at radius 1 is 1.25 bits per heavy atom. The molecule has 0 atom stereocenters. The highest BCUT2D eigenvalue weighted by Gasteiger charge is 2.01. The molecule has 0 aromatic carbocycles. The van der Waals surface area contributed by atoms with Gasteiger partial charge in [0.2, 0.25) is 0 Å². The molecule has 0 aliphatic carbocycles. The topological polar surface area (TPSA) is 3.88 Å². The fraction of sp³-hybridized carbons (Fsp3) is 0.500. The first-order chi connectivity index (χ1) is 5.18. The zero-order valence-corrected chi connectivity index (χ0v) is 8.67. The van der Waals surface area contributed by atoms with Crippen LogP contribution < -0.4 is 17.0 Å². The van der Waals surface area contributed by atoms with Gasteiger partial charge in [-0.1, -0.05) is 13.8 Å². The van der Waals surface area contributed by atoms with Crippen molar-refractivity contribution < 1.29 is 17.0 Å². The molecule has 0 saturated heterocycles. The maximum Gasteiger partial charge on any atom is 0.169 e. The van der Waals surface area contributed by atoms with Gasteiger partial charge in [0.05, 0.1) is 0 Å². The second-order valence-electron chi connectivity index (χ2n) is 3.47. The largest absolute Gasteiger partial charge is 1.00 e. The molecule has 0 saturated carbocycles. The van der Waals surface area contributed by atoms with Gasteiger partial charge in [-0.2, -0.15) is 0 Å². The molecule has 0 bridgehead atoms. The summed E-state index contributed by atoms with van der Waals surface area (Å²) in [5, 5.41) is 0. The Bertz CT molecular complexity index is 216. The van der Waals surface area contributed by atoms with Crippen molar-refractivity contribution in [2.75, 3.05) is 0 Å². The molecule has 1 aromatic heterocycles. The van der Waals surface area contributed by atoms with Gasteiger partial charge in [0, 0.05) is 18.1 Å². The van der Waals surface area contributed by atoms with Gasteiger partial charge in [-0.15, -0.1) is 0 Å². The predicted molar refractivity (Wildman–Crippen MR) is 46.2 cm³/mol. The summed E-state index contributed by atoms with van der Waals surface area (Å²) in [5.41, 5.74) is 1.32. The highest BCUT2D eigenvalue weighted by Crippen LogP contribution is 1.93. The van der Waals surface area contributed by atoms with E-state index >= 15 is 0 Å². The lowest BCUT2D eigenvalue weighted by molar-refractivity contribution is -0.702. The standard InChI is InChI=1S/C10H16N.ClH/c1-9(2)8-11-6-4-10(3)5-7-11;/h4-7,9H,8H2,1-3H3;1H/q+1;/p-1. The van der Waals surface area contributed by atoms with Crippen LogP contribution in [0.4, 0.5) is 0 Å². The van der Waals surface area contributed by atoms with Crippen molar-refractivity contribution in [2.45, 2.75) is 27.3 Å². The Morgan fingerprint density at radius 2 is 1.75 bits per heavy atom. The number of aromatic nitrogens is 1. The van der Waals surface area contributed by atoms with Gasteiger partial charge >= 0.3 is 0 Å². The molecule has 0 amide bonds. The van der Waals surface area contributed by atoms with Crippen LogP contribution in [-0.4, -0.2) is 0 Å². The smallest absolute Gasteiger partial charge is 0.169 e. The average molecular weight is 186 g/mol. The van der Waals surface area contributed by atoms with Gasteiger partial charge in [-0.3, -0.25) is 0 Å². The lowest BCUT2D eigenvalue weighted by atomic mass is 10.2. The Labute approximate surface area is 80.8 Å². The first-order valence-electron chi connectivity index (χ1n) is 4.14. The van der Waals surface area contributed by atoms with Gasteiger partial charge in [0.15, 0.2) is 18.9 Å². The molecule has 2 heteroatoms. The van der Waals surface area contributed by atoms with Crippen LogP contribution in [0.1, 0.15) is 19.4 Å². The van der Waals surface area contributed by atoms with E-state index in [9.17, 15) is 0 Å². The summed E-state index contributed by atoms with van der Waals surface area (Å²) in [4.78, 5) is 0. The van der Waals surface area contributed by atoms with Crippen LogP contribution in [0.2, 0.25) is 0 Å². The summed E-state index contributed by atoms with van der Waals surface area (Å²) in [5.74, 6) is 0.725. The summed E-state index contributed by atoms with van der Waals surface area (Å²) in [6.45, 7) is 7.68. The van der Waals surface area contributed by atoms with Crippen LogP contribution in [0, 0.1) is 12.8 Å². The van der Waals surface area contributed by atoms with Crippen molar-refractivity contribution in [1.82, 2.24) is 0 Å². The molecule has 0 unspecified atom stereocenters. The lowest BCUT2D eigenvalue weighted by Crippen LogP contribution is -3.00. The maximum atomic E-state index is 2.23. The molecule has 0 spiro atoms. The summed E-state index contributed by atoms with van der Waals surface area (Å²) < 4.78 is 2.22. The highest BCUT2D eigenvalue weighted by atomic mass is 35.5. The van der Waals surface area contributed by atoms with Crippen molar-refractivity contribution >= 4 is 0 Å². The van der Waals surface area contributed by atoms with E-state index in [1.54, 1.807) is 0 Å². The molecule has 0 N–H and O–H groups in total. The van der Waals surface area contributed by atoms with E-state index in [1.807, 2.05) is 0 Å². The van der Waals surface area contributed by atoms with E-state index in [0.29, 0.717) is 0 Å². The molecular formula is C10H16ClN. The van der Waals surface area contributed by atoms with E-state index in [2.05, 4.69) is 49.9 Å². The van der Waals surface area contributed by atoms with Crippen molar-refractivity contribution in [3.63, 3.8) is 0 Å². The lowest BCUT2D eigenvalue weighted by Gasteiger charge is -1.99. The Morgan fingerprint density at radius 3 is 2.17 bits per heavy atom. The third-order valence-electron chi connectivity index (χ3n) is 1.63. The first-order valence-corrected chi connectivity index (χ1v) is 4.14. The van der Waals surface area contributed by atoms with E-state index in [4.69, 9.17) is 0 Å². The van der Waals surface area contributed by atoms with E-state index in [1.165, 1.54) is 5.56 Å². The molecule has 1 nitrogen and oxygen atoms in total. The van der Waals surface area contributed by atoms with Crippen LogP contribution in [0.5, 0.6) is 0 Å². The maximum absolute atomic E-state index is 2.23. The zero-order chi connectivity index (χ0) is 8.27. The van der Waals surface area contributed by atoms with Crippen molar-refractivity contribution in [1.29, 1.82) is 0 Å². The number of nitrogens with zero attached hydrogens (tertiary/aromatic N) is 1. The monoisotopic (exact) mass is 185 g/mol. The average Bonchev–Trinajstić information content (AvgIpc) is 1.93. The quantitative estimate of drug-likeness (QED) is 0.518. The number of rotatable bonds is 2. The van der Waals surface area contributed by atoms with Crippen LogP contribution in [0.15, 0.2) is 24.5 Å². The minimum atomic E-state index is 0. The van der Waals surface area contributed by atoms with Gasteiger partial charge in [0.1, 0.15) is 0 Å². The number of halogens is 1. The summed E-state index contributed by atoms with van der Waals surface area (Å²) in [6.07, 6.45) is 4.27. The molecule has 1 rings (SSSR count). The van der Waals surface area contributed by atoms with Crippen molar-refractivity contribution in [3.8, 4) is 0 Å². The molecule has 1 heterocycles. The SMILES string of the molecule is Cc1cc[n+](CC(C)C)cc1.[Cl-].